The normalized spacial score (nSPS) is 33.6. The van der Waals surface area contributed by atoms with Crippen LogP contribution in [-0.2, 0) is 19.2 Å². The minimum atomic E-state index is -1.90. The number of amides is 4. The zero-order valence-corrected chi connectivity index (χ0v) is 23.1. The topological polar surface area (TPSA) is 104 Å². The maximum absolute atomic E-state index is 13.9. The number of alkyl halides is 2. The van der Waals surface area contributed by atoms with Crippen LogP contribution in [0.2, 0.25) is 5.02 Å². The summed E-state index contributed by atoms with van der Waals surface area (Å²) < 4.78 is 5.30. The second-order valence-corrected chi connectivity index (χ2v) is 12.1. The molecule has 2 aliphatic carbocycles. The molecule has 1 N–H and O–H groups in total. The Bertz CT molecular complexity index is 1490. The van der Waals surface area contributed by atoms with Gasteiger partial charge >= 0.3 is 0 Å². The number of rotatable bonds is 3. The second-order valence-electron chi connectivity index (χ2n) is 10.4. The van der Waals surface area contributed by atoms with E-state index in [9.17, 15) is 24.3 Å². The highest BCUT2D eigenvalue weighted by Gasteiger charge is 2.75. The van der Waals surface area contributed by atoms with Crippen LogP contribution in [0.4, 0.5) is 5.69 Å². The zero-order valence-electron chi connectivity index (χ0n) is 20.9. The molecule has 11 heteroatoms. The lowest BCUT2D eigenvalue weighted by atomic mass is 9.56. The number of carbonyl (C=O) groups is 4. The number of halogens is 3. The molecule has 6 rings (SSSR count). The summed E-state index contributed by atoms with van der Waals surface area (Å²) in [6, 6.07) is 11.0. The largest absolute Gasteiger partial charge is 0.504 e. The fourth-order valence-corrected chi connectivity index (χ4v) is 7.98. The average Bonchev–Trinajstić information content (AvgIpc) is 3.24. The number of phenolic OH excluding ortho intramolecular Hbond substituents is 1. The van der Waals surface area contributed by atoms with Crippen LogP contribution in [-0.4, -0.2) is 57.5 Å². The number of imide groups is 2. The molecule has 2 aromatic rings. The highest BCUT2D eigenvalue weighted by atomic mass is 35.5. The molecule has 39 heavy (non-hydrogen) atoms. The zero-order chi connectivity index (χ0) is 28.0. The number of allylic oxidation sites excluding steroid dienone is 2. The van der Waals surface area contributed by atoms with Crippen molar-refractivity contribution < 1.29 is 29.0 Å². The predicted molar refractivity (Wildman–Crippen MR) is 144 cm³/mol. The Morgan fingerprint density at radius 2 is 1.67 bits per heavy atom. The van der Waals surface area contributed by atoms with Crippen molar-refractivity contribution in [3.8, 4) is 11.5 Å². The number of ether oxygens (including phenoxy) is 1. The summed E-state index contributed by atoms with van der Waals surface area (Å²) in [5, 5.41) is 10.7. The molecule has 1 saturated carbocycles. The molecule has 4 aliphatic rings. The van der Waals surface area contributed by atoms with E-state index in [0.717, 1.165) is 9.80 Å². The number of anilines is 1. The number of nitrogens with zero attached hydrogens (tertiary/aromatic N) is 2. The van der Waals surface area contributed by atoms with Gasteiger partial charge in [-0.3, -0.25) is 29.0 Å². The van der Waals surface area contributed by atoms with E-state index in [-0.39, 0.29) is 30.2 Å². The van der Waals surface area contributed by atoms with E-state index in [0.29, 0.717) is 21.8 Å². The molecule has 3 fully saturated rings. The van der Waals surface area contributed by atoms with E-state index in [1.807, 2.05) is 6.08 Å². The van der Waals surface area contributed by atoms with Crippen LogP contribution < -0.4 is 9.64 Å². The summed E-state index contributed by atoms with van der Waals surface area (Å²) in [5.41, 5.74) is 1.55. The third-order valence-electron chi connectivity index (χ3n) is 8.64. The number of benzene rings is 2. The second kappa shape index (κ2) is 8.71. The van der Waals surface area contributed by atoms with Gasteiger partial charge in [-0.1, -0.05) is 29.3 Å². The number of hydrogen-bond acceptors (Lipinski definition) is 6. The van der Waals surface area contributed by atoms with Gasteiger partial charge in [0.1, 0.15) is 0 Å². The minimum Gasteiger partial charge on any atom is -0.504 e. The summed E-state index contributed by atoms with van der Waals surface area (Å²) in [4.78, 5) is 52.9. The van der Waals surface area contributed by atoms with Gasteiger partial charge in [-0.25, -0.2) is 0 Å². The molecule has 0 aromatic heterocycles. The lowest BCUT2D eigenvalue weighted by Gasteiger charge is -2.50. The van der Waals surface area contributed by atoms with E-state index < -0.39 is 51.1 Å². The first-order chi connectivity index (χ1) is 18.5. The van der Waals surface area contributed by atoms with E-state index in [1.54, 1.807) is 36.4 Å². The van der Waals surface area contributed by atoms with Crippen molar-refractivity contribution in [1.82, 2.24) is 4.90 Å². The average molecular weight is 590 g/mol. The molecule has 2 heterocycles. The fraction of sp³-hybridized carbons (Fsp3) is 0.357. The third-order valence-corrected chi connectivity index (χ3v) is 10.3. The molecule has 4 amide bonds. The van der Waals surface area contributed by atoms with E-state index in [2.05, 4.69) is 0 Å². The lowest BCUT2D eigenvalue weighted by Crippen LogP contribution is -2.60. The number of hydrogen-bond donors (Lipinski definition) is 1. The van der Waals surface area contributed by atoms with Gasteiger partial charge in [-0.15, -0.1) is 23.2 Å². The Morgan fingerprint density at radius 3 is 2.33 bits per heavy atom. The Labute approximate surface area is 239 Å². The molecular weight excluding hydrogens is 567 g/mol. The first kappa shape index (κ1) is 26.2. The van der Waals surface area contributed by atoms with Crippen molar-refractivity contribution in [2.75, 3.05) is 19.1 Å². The van der Waals surface area contributed by atoms with Crippen LogP contribution in [0.25, 0.3) is 0 Å². The maximum atomic E-state index is 13.9. The smallest absolute Gasteiger partial charge is 0.253 e. The molecule has 8 nitrogen and oxygen atoms in total. The molecule has 0 radical (unpaired) electrons. The molecule has 2 aromatic carbocycles. The number of fused-ring (bicyclic) bond motifs is 4. The minimum absolute atomic E-state index is 0.0981. The van der Waals surface area contributed by atoms with Crippen molar-refractivity contribution >= 4 is 64.1 Å². The molecule has 2 aliphatic heterocycles. The highest BCUT2D eigenvalue weighted by Crippen LogP contribution is 2.65. The highest BCUT2D eigenvalue weighted by molar-refractivity contribution is 6.53. The van der Waals surface area contributed by atoms with Crippen molar-refractivity contribution in [2.24, 2.45) is 17.8 Å². The van der Waals surface area contributed by atoms with E-state index in [4.69, 9.17) is 39.5 Å². The quantitative estimate of drug-likeness (QED) is 0.326. The lowest BCUT2D eigenvalue weighted by molar-refractivity contribution is -0.138. The molecule has 202 valence electrons. The number of aromatic hydroxyl groups is 1. The standard InChI is InChI=1S/C28H23Cl3N2O6/c1-32-25(37)27(30)12-18-16(22(28(27,31)26(32)38)13-3-10-19(34)20(11-13)39-2)8-9-17-21(18)24(36)33(23(17)35)15-6-4-14(29)5-7-15/h3-8,10-11,17-18,21-22,34H,9,12H2,1-2H3. The van der Waals surface area contributed by atoms with Crippen molar-refractivity contribution in [3.05, 3.63) is 64.7 Å². The van der Waals surface area contributed by atoms with E-state index in [1.165, 1.54) is 20.2 Å². The number of methoxy groups -OCH3 is 1. The van der Waals surface area contributed by atoms with Gasteiger partial charge in [0.25, 0.3) is 11.8 Å². The van der Waals surface area contributed by atoms with Gasteiger partial charge in [0, 0.05) is 18.0 Å². The van der Waals surface area contributed by atoms with Gasteiger partial charge < -0.3 is 9.84 Å². The Balaban J connectivity index is 1.52. The fourth-order valence-electron chi connectivity index (χ4n) is 6.84. The summed E-state index contributed by atoms with van der Waals surface area (Å²) in [6.07, 6.45) is 2.00. The SMILES string of the molecule is COc1cc(C2C3=CCC4C(=O)N(c5ccc(Cl)cc5)C(=O)C4C3CC3(Cl)C(=O)N(C)C(=O)C23Cl)ccc1O. The summed E-state index contributed by atoms with van der Waals surface area (Å²) >= 11 is 20.3. The van der Waals surface area contributed by atoms with E-state index >= 15 is 0 Å². The van der Waals surface area contributed by atoms with Crippen LogP contribution in [0.5, 0.6) is 11.5 Å². The molecule has 6 unspecified atom stereocenters. The summed E-state index contributed by atoms with van der Waals surface area (Å²) in [7, 11) is 2.72. The van der Waals surface area contributed by atoms with Crippen LogP contribution >= 0.6 is 34.8 Å². The van der Waals surface area contributed by atoms with Gasteiger partial charge in [-0.05, 0) is 60.7 Å². The number of carbonyl (C=O) groups excluding carboxylic acids is 4. The maximum Gasteiger partial charge on any atom is 0.253 e. The van der Waals surface area contributed by atoms with Crippen molar-refractivity contribution in [3.63, 3.8) is 0 Å². The monoisotopic (exact) mass is 588 g/mol. The Morgan fingerprint density at radius 1 is 0.974 bits per heavy atom. The van der Waals surface area contributed by atoms with Gasteiger partial charge in [-0.2, -0.15) is 0 Å². The Hall–Kier alpha value is -3.07. The third kappa shape index (κ3) is 3.31. The first-order valence-electron chi connectivity index (χ1n) is 12.4. The molecule has 0 bridgehead atoms. The van der Waals surface area contributed by atoms with Crippen molar-refractivity contribution in [2.45, 2.75) is 28.5 Å². The molecule has 2 saturated heterocycles. The summed E-state index contributed by atoms with van der Waals surface area (Å²) in [5.74, 6) is -5.07. The van der Waals surface area contributed by atoms with Crippen molar-refractivity contribution in [1.29, 1.82) is 0 Å². The Kier molecular flexibility index (Phi) is 5.85. The van der Waals surface area contributed by atoms with Crippen LogP contribution in [0.15, 0.2) is 54.1 Å². The summed E-state index contributed by atoms with van der Waals surface area (Å²) in [6.45, 7) is 0. The molecule has 0 spiro atoms. The van der Waals surface area contributed by atoms with Gasteiger partial charge in [0.2, 0.25) is 11.8 Å². The van der Waals surface area contributed by atoms with Gasteiger partial charge in [0.05, 0.1) is 24.6 Å². The predicted octanol–water partition coefficient (Wildman–Crippen LogP) is 4.25. The first-order valence-corrected chi connectivity index (χ1v) is 13.5. The van der Waals surface area contributed by atoms with Gasteiger partial charge in [0.15, 0.2) is 21.2 Å². The number of likely N-dealkylation sites (tertiary alicyclic amines) is 1. The van der Waals surface area contributed by atoms with Crippen LogP contribution in [0, 0.1) is 17.8 Å². The number of phenols is 1. The molecule has 6 atom stereocenters. The molecular formula is C28H23Cl3N2O6. The van der Waals surface area contributed by atoms with Crippen LogP contribution in [0.3, 0.4) is 0 Å². The van der Waals surface area contributed by atoms with Crippen LogP contribution in [0.1, 0.15) is 24.3 Å².